The van der Waals surface area contributed by atoms with Crippen molar-refractivity contribution in [3.05, 3.63) is 0 Å². The smallest absolute Gasteiger partial charge is 0.304 e. The minimum atomic E-state index is -0.679. The molecule has 1 fully saturated rings. The average molecular weight is 188 g/mol. The van der Waals surface area contributed by atoms with Gasteiger partial charge in [0.15, 0.2) is 0 Å². The molecule has 1 aliphatic carbocycles. The number of hydrogen-bond donors (Lipinski definition) is 1. The van der Waals surface area contributed by atoms with Crippen LogP contribution >= 0.6 is 11.8 Å². The van der Waals surface area contributed by atoms with Crippen LogP contribution in [0.25, 0.3) is 0 Å². The van der Waals surface area contributed by atoms with Crippen LogP contribution in [0.4, 0.5) is 0 Å². The van der Waals surface area contributed by atoms with E-state index in [1.165, 1.54) is 19.3 Å². The topological polar surface area (TPSA) is 37.3 Å². The molecule has 0 aromatic rings. The summed E-state index contributed by atoms with van der Waals surface area (Å²) < 4.78 is 0. The van der Waals surface area contributed by atoms with Crippen LogP contribution in [-0.4, -0.2) is 22.1 Å². The van der Waals surface area contributed by atoms with Gasteiger partial charge in [-0.25, -0.2) is 0 Å². The van der Waals surface area contributed by atoms with Gasteiger partial charge >= 0.3 is 5.97 Å². The van der Waals surface area contributed by atoms with Gasteiger partial charge in [-0.3, -0.25) is 4.79 Å². The third-order valence-corrected chi connectivity index (χ3v) is 3.29. The molecule has 0 aromatic carbocycles. The lowest BCUT2D eigenvalue weighted by Crippen LogP contribution is -2.06. The van der Waals surface area contributed by atoms with E-state index in [1.807, 2.05) is 6.92 Å². The molecule has 70 valence electrons. The molecule has 1 atom stereocenters. The van der Waals surface area contributed by atoms with E-state index >= 15 is 0 Å². The SMILES string of the molecule is CC(CC(=O)O)SCCC1CC1. The molecule has 12 heavy (non-hydrogen) atoms. The number of carboxylic acids is 1. The van der Waals surface area contributed by atoms with Gasteiger partial charge in [0.2, 0.25) is 0 Å². The van der Waals surface area contributed by atoms with E-state index in [-0.39, 0.29) is 5.25 Å². The molecule has 1 N–H and O–H groups in total. The van der Waals surface area contributed by atoms with Crippen molar-refractivity contribution in [1.29, 1.82) is 0 Å². The summed E-state index contributed by atoms with van der Waals surface area (Å²) >= 11 is 1.79. The van der Waals surface area contributed by atoms with E-state index < -0.39 is 5.97 Å². The van der Waals surface area contributed by atoms with E-state index in [9.17, 15) is 4.79 Å². The third kappa shape index (κ3) is 4.65. The highest BCUT2D eigenvalue weighted by molar-refractivity contribution is 7.99. The fraction of sp³-hybridized carbons (Fsp3) is 0.889. The van der Waals surface area contributed by atoms with Crippen LogP contribution in [0.1, 0.15) is 32.6 Å². The van der Waals surface area contributed by atoms with Crippen molar-refractivity contribution in [3.63, 3.8) is 0 Å². The van der Waals surface area contributed by atoms with Gasteiger partial charge in [-0.2, -0.15) is 11.8 Å². The molecule has 0 saturated heterocycles. The maximum atomic E-state index is 10.3. The van der Waals surface area contributed by atoms with Gasteiger partial charge in [0.25, 0.3) is 0 Å². The van der Waals surface area contributed by atoms with Crippen LogP contribution in [0, 0.1) is 5.92 Å². The van der Waals surface area contributed by atoms with Crippen molar-refractivity contribution in [3.8, 4) is 0 Å². The molecule has 3 heteroatoms. The van der Waals surface area contributed by atoms with Crippen molar-refractivity contribution in [2.45, 2.75) is 37.9 Å². The zero-order valence-corrected chi connectivity index (χ0v) is 8.27. The van der Waals surface area contributed by atoms with Crippen molar-refractivity contribution >= 4 is 17.7 Å². The molecule has 1 aliphatic rings. The minimum Gasteiger partial charge on any atom is -0.481 e. The Balaban J connectivity index is 1.93. The molecule has 0 aliphatic heterocycles. The van der Waals surface area contributed by atoms with Crippen LogP contribution in [-0.2, 0) is 4.79 Å². The van der Waals surface area contributed by atoms with Crippen LogP contribution in [0.5, 0.6) is 0 Å². The molecule has 2 nitrogen and oxygen atoms in total. The maximum absolute atomic E-state index is 10.3. The van der Waals surface area contributed by atoms with Crippen molar-refractivity contribution in [2.75, 3.05) is 5.75 Å². The Labute approximate surface area is 77.7 Å². The second-order valence-corrected chi connectivity index (χ2v) is 5.06. The Morgan fingerprint density at radius 2 is 2.33 bits per heavy atom. The highest BCUT2D eigenvalue weighted by Gasteiger charge is 2.20. The summed E-state index contributed by atoms with van der Waals surface area (Å²) in [6.45, 7) is 1.99. The van der Waals surface area contributed by atoms with Gasteiger partial charge in [-0.15, -0.1) is 0 Å². The summed E-state index contributed by atoms with van der Waals surface area (Å²) in [5.74, 6) is 1.43. The van der Waals surface area contributed by atoms with Crippen LogP contribution in [0.3, 0.4) is 0 Å². The minimum absolute atomic E-state index is 0.279. The van der Waals surface area contributed by atoms with Gasteiger partial charge in [-0.05, 0) is 18.1 Å². The maximum Gasteiger partial charge on any atom is 0.304 e. The van der Waals surface area contributed by atoms with Gasteiger partial charge in [0.1, 0.15) is 0 Å². The van der Waals surface area contributed by atoms with Gasteiger partial charge in [-0.1, -0.05) is 19.8 Å². The van der Waals surface area contributed by atoms with Gasteiger partial charge in [0, 0.05) is 5.25 Å². The number of thioether (sulfide) groups is 1. The van der Waals surface area contributed by atoms with Crippen LogP contribution < -0.4 is 0 Å². The Kier molecular flexibility index (Phi) is 3.92. The van der Waals surface area contributed by atoms with Crippen molar-refractivity contribution in [1.82, 2.24) is 0 Å². The quantitative estimate of drug-likeness (QED) is 0.695. The number of rotatable bonds is 6. The van der Waals surface area contributed by atoms with Gasteiger partial charge < -0.3 is 5.11 Å². The first-order valence-electron chi connectivity index (χ1n) is 4.52. The van der Waals surface area contributed by atoms with E-state index in [0.29, 0.717) is 6.42 Å². The molecule has 1 unspecified atom stereocenters. The fourth-order valence-electron chi connectivity index (χ4n) is 1.15. The number of carbonyl (C=O) groups is 1. The predicted octanol–water partition coefficient (Wildman–Crippen LogP) is 2.38. The summed E-state index contributed by atoms with van der Waals surface area (Å²) in [7, 11) is 0. The molecule has 0 radical (unpaired) electrons. The normalized spacial score (nSPS) is 19.1. The lowest BCUT2D eigenvalue weighted by molar-refractivity contribution is -0.136. The molecule has 1 saturated carbocycles. The lowest BCUT2D eigenvalue weighted by Gasteiger charge is -2.06. The summed E-state index contributed by atoms with van der Waals surface area (Å²) in [5.41, 5.74) is 0. The van der Waals surface area contributed by atoms with Crippen molar-refractivity contribution in [2.24, 2.45) is 5.92 Å². The molecule has 0 heterocycles. The predicted molar refractivity (Wildman–Crippen MR) is 51.5 cm³/mol. The first-order valence-corrected chi connectivity index (χ1v) is 5.56. The number of hydrogen-bond acceptors (Lipinski definition) is 2. The van der Waals surface area contributed by atoms with E-state index in [2.05, 4.69) is 0 Å². The lowest BCUT2D eigenvalue weighted by atomic mass is 10.3. The fourth-order valence-corrected chi connectivity index (χ4v) is 2.28. The highest BCUT2D eigenvalue weighted by atomic mass is 32.2. The standard InChI is InChI=1S/C9H16O2S/c1-7(6-9(10)11)12-5-4-8-2-3-8/h7-8H,2-6H2,1H3,(H,10,11). The van der Waals surface area contributed by atoms with E-state index in [0.717, 1.165) is 11.7 Å². The van der Waals surface area contributed by atoms with Gasteiger partial charge in [0.05, 0.1) is 6.42 Å². The monoisotopic (exact) mass is 188 g/mol. The molecule has 0 aromatic heterocycles. The second-order valence-electron chi connectivity index (χ2n) is 3.51. The first kappa shape index (κ1) is 9.90. The Morgan fingerprint density at radius 3 is 2.83 bits per heavy atom. The Morgan fingerprint density at radius 1 is 1.67 bits per heavy atom. The summed E-state index contributed by atoms with van der Waals surface area (Å²) in [6, 6.07) is 0. The van der Waals surface area contributed by atoms with Crippen LogP contribution in [0.15, 0.2) is 0 Å². The molecule has 0 bridgehead atoms. The molecular formula is C9H16O2S. The zero-order chi connectivity index (χ0) is 8.97. The molecule has 0 spiro atoms. The summed E-state index contributed by atoms with van der Waals surface area (Å²) in [4.78, 5) is 10.3. The van der Waals surface area contributed by atoms with E-state index in [1.54, 1.807) is 11.8 Å². The highest BCUT2D eigenvalue weighted by Crippen LogP contribution is 2.34. The second kappa shape index (κ2) is 4.75. The molecule has 0 amide bonds. The number of aliphatic carboxylic acids is 1. The Hall–Kier alpha value is -0.180. The summed E-state index contributed by atoms with van der Waals surface area (Å²) in [6.07, 6.45) is 4.38. The molecule has 1 rings (SSSR count). The Bertz CT molecular complexity index is 155. The van der Waals surface area contributed by atoms with Crippen LogP contribution in [0.2, 0.25) is 0 Å². The molecular weight excluding hydrogens is 172 g/mol. The zero-order valence-electron chi connectivity index (χ0n) is 7.45. The summed E-state index contributed by atoms with van der Waals surface area (Å²) in [5, 5.41) is 8.77. The third-order valence-electron chi connectivity index (χ3n) is 2.09. The number of carboxylic acid groups (broad SMARTS) is 1. The van der Waals surface area contributed by atoms with E-state index in [4.69, 9.17) is 5.11 Å². The largest absolute Gasteiger partial charge is 0.481 e. The van der Waals surface area contributed by atoms with Crippen molar-refractivity contribution < 1.29 is 9.90 Å². The average Bonchev–Trinajstić information content (AvgIpc) is 2.69. The first-order chi connectivity index (χ1) is 5.68.